The first-order valence-corrected chi connectivity index (χ1v) is 10.4. The Balaban J connectivity index is 1.29. The first-order valence-electron chi connectivity index (χ1n) is 10.4. The molecule has 158 valence electrons. The smallest absolute Gasteiger partial charge is 0.317 e. The number of carbonyl (C=O) groups excluding carboxylic acids is 1. The Morgan fingerprint density at radius 3 is 2.70 bits per heavy atom. The molecule has 5 atom stereocenters. The highest BCUT2D eigenvalue weighted by atomic mass is 19.1. The predicted octanol–water partition coefficient (Wildman–Crippen LogP) is 2.37. The molecule has 1 aliphatic carbocycles. The summed E-state index contributed by atoms with van der Waals surface area (Å²) in [4.78, 5) is 18.8. The molecule has 7 nitrogen and oxygen atoms in total. The van der Waals surface area contributed by atoms with Crippen molar-refractivity contribution in [3.05, 3.63) is 59.5 Å². The van der Waals surface area contributed by atoms with Gasteiger partial charge in [-0.25, -0.2) is 19.6 Å². The van der Waals surface area contributed by atoms with Gasteiger partial charge in [0.25, 0.3) is 0 Å². The molecule has 3 N–H and O–H groups in total. The summed E-state index contributed by atoms with van der Waals surface area (Å²) < 4.78 is 18.4. The van der Waals surface area contributed by atoms with Crippen molar-refractivity contribution < 1.29 is 13.9 Å². The van der Waals surface area contributed by atoms with Gasteiger partial charge in [-0.3, -0.25) is 5.43 Å². The summed E-state index contributed by atoms with van der Waals surface area (Å²) in [7, 11) is 1.61. The normalized spacial score (nSPS) is 30.4. The maximum atomic E-state index is 13.2. The van der Waals surface area contributed by atoms with Crippen LogP contribution < -0.4 is 20.9 Å². The molecule has 3 fully saturated rings. The number of hydrogen-bond acceptors (Lipinski definition) is 5. The van der Waals surface area contributed by atoms with Crippen molar-refractivity contribution in [2.45, 2.75) is 37.5 Å². The summed E-state index contributed by atoms with van der Waals surface area (Å²) in [5.41, 5.74) is 8.94. The lowest BCUT2D eigenvalue weighted by Crippen LogP contribution is -2.60. The fourth-order valence-corrected chi connectivity index (χ4v) is 5.13. The fourth-order valence-electron chi connectivity index (χ4n) is 5.13. The summed E-state index contributed by atoms with van der Waals surface area (Å²) in [6, 6.07) is 10.9. The van der Waals surface area contributed by atoms with E-state index in [1.165, 1.54) is 12.1 Å². The van der Waals surface area contributed by atoms with Crippen LogP contribution in [0.25, 0.3) is 0 Å². The molecule has 2 amide bonds. The lowest BCUT2D eigenvalue weighted by Gasteiger charge is -2.45. The molecule has 1 aromatic heterocycles. The number of carbonyl (C=O) groups is 1. The van der Waals surface area contributed by atoms with E-state index in [9.17, 15) is 9.18 Å². The van der Waals surface area contributed by atoms with Crippen molar-refractivity contribution >= 4 is 6.03 Å². The number of methoxy groups -OCH3 is 1. The number of hydrogen-bond donors (Lipinski definition) is 3. The minimum absolute atomic E-state index is 0.0408. The summed E-state index contributed by atoms with van der Waals surface area (Å²) >= 11 is 0. The molecule has 0 bridgehead atoms. The van der Waals surface area contributed by atoms with Crippen LogP contribution in [-0.4, -0.2) is 41.7 Å². The van der Waals surface area contributed by atoms with Crippen LogP contribution in [-0.2, 0) is 6.54 Å². The predicted molar refractivity (Wildman–Crippen MR) is 109 cm³/mol. The molecule has 3 aliphatic rings. The number of amides is 2. The second-order valence-electron chi connectivity index (χ2n) is 8.47. The summed E-state index contributed by atoms with van der Waals surface area (Å²) in [6.07, 6.45) is 3.78. The second kappa shape index (κ2) is 7.85. The summed E-state index contributed by atoms with van der Waals surface area (Å²) in [6.45, 7) is 1.20. The number of rotatable bonds is 4. The second-order valence-corrected chi connectivity index (χ2v) is 8.47. The molecule has 30 heavy (non-hydrogen) atoms. The third kappa shape index (κ3) is 3.61. The van der Waals surface area contributed by atoms with Gasteiger partial charge in [-0.15, -0.1) is 0 Å². The van der Waals surface area contributed by atoms with Crippen LogP contribution >= 0.6 is 0 Å². The van der Waals surface area contributed by atoms with Crippen molar-refractivity contribution in [1.82, 2.24) is 26.1 Å². The molecule has 0 spiro atoms. The average Bonchev–Trinajstić information content (AvgIpc) is 3.17. The minimum atomic E-state index is -0.263. The number of pyridine rings is 1. The van der Waals surface area contributed by atoms with E-state index in [0.29, 0.717) is 36.8 Å². The number of nitrogens with zero attached hydrogens (tertiary/aromatic N) is 2. The monoisotopic (exact) mass is 411 g/mol. The first-order chi connectivity index (χ1) is 14.6. The summed E-state index contributed by atoms with van der Waals surface area (Å²) in [5.74, 6) is 1.14. The van der Waals surface area contributed by atoms with Crippen molar-refractivity contribution in [1.29, 1.82) is 0 Å². The third-order valence-corrected chi connectivity index (χ3v) is 6.69. The lowest BCUT2D eigenvalue weighted by atomic mass is 9.71. The zero-order valence-electron chi connectivity index (χ0n) is 16.8. The van der Waals surface area contributed by atoms with Crippen molar-refractivity contribution in [3.63, 3.8) is 0 Å². The van der Waals surface area contributed by atoms with E-state index in [4.69, 9.17) is 4.74 Å². The minimum Gasteiger partial charge on any atom is -0.481 e. The van der Waals surface area contributed by atoms with Gasteiger partial charge in [-0.1, -0.05) is 18.2 Å². The third-order valence-electron chi connectivity index (χ3n) is 6.69. The molecule has 0 radical (unpaired) electrons. The van der Waals surface area contributed by atoms with Crippen LogP contribution in [0.5, 0.6) is 5.88 Å². The van der Waals surface area contributed by atoms with Crippen LogP contribution in [0.2, 0.25) is 0 Å². The summed E-state index contributed by atoms with van der Waals surface area (Å²) in [5, 5.41) is 3.20. The van der Waals surface area contributed by atoms with E-state index in [-0.39, 0.29) is 23.9 Å². The van der Waals surface area contributed by atoms with Gasteiger partial charge in [0.05, 0.1) is 13.2 Å². The average molecular weight is 411 g/mol. The molecule has 2 saturated heterocycles. The number of benzene rings is 1. The molecular formula is C22H26FN5O2. The van der Waals surface area contributed by atoms with Crippen LogP contribution in [0.4, 0.5) is 9.18 Å². The Kier molecular flexibility index (Phi) is 5.04. The molecule has 1 saturated carbocycles. The Morgan fingerprint density at radius 1 is 1.13 bits per heavy atom. The van der Waals surface area contributed by atoms with Crippen molar-refractivity contribution in [3.8, 4) is 5.88 Å². The van der Waals surface area contributed by atoms with Gasteiger partial charge in [0.2, 0.25) is 5.88 Å². The van der Waals surface area contributed by atoms with Gasteiger partial charge in [-0.2, -0.15) is 0 Å². The Bertz CT molecular complexity index is 907. The zero-order chi connectivity index (χ0) is 20.7. The number of aromatic nitrogens is 1. The largest absolute Gasteiger partial charge is 0.481 e. The maximum absolute atomic E-state index is 13.2. The standard InChI is InChI=1S/C22H26FN5O2/c1-30-20-7-4-14(10-24-20)21-17-8-15-12-28(11-13-2-5-16(23)6-3-13)22(29)25-18(15)9-19(17)26-27-21/h2-7,10,15,17-19,21,26-27H,8-9,11-12H2,1H3,(H,25,29). The van der Waals surface area contributed by atoms with E-state index in [1.807, 2.05) is 17.2 Å². The van der Waals surface area contributed by atoms with Gasteiger partial charge in [0.15, 0.2) is 0 Å². The highest BCUT2D eigenvalue weighted by molar-refractivity contribution is 5.75. The first kappa shape index (κ1) is 19.3. The number of urea groups is 1. The SMILES string of the molecule is COc1ccc(C2NNC3CC4NC(=O)N(Cc5ccc(F)cc5)CC4CC32)cn1. The van der Waals surface area contributed by atoms with Crippen LogP contribution in [0.15, 0.2) is 42.6 Å². The fraction of sp³-hybridized carbons (Fsp3) is 0.455. The topological polar surface area (TPSA) is 78.5 Å². The van der Waals surface area contributed by atoms with Crippen molar-refractivity contribution in [2.75, 3.05) is 13.7 Å². The number of halogens is 1. The molecule has 3 heterocycles. The van der Waals surface area contributed by atoms with Crippen molar-refractivity contribution in [2.24, 2.45) is 11.8 Å². The molecular weight excluding hydrogens is 385 g/mol. The van der Waals surface area contributed by atoms with E-state index >= 15 is 0 Å². The molecule has 2 aliphatic heterocycles. The molecule has 5 unspecified atom stereocenters. The molecule has 2 aromatic rings. The molecule has 1 aromatic carbocycles. The van der Waals surface area contributed by atoms with Crippen LogP contribution in [0.3, 0.4) is 0 Å². The van der Waals surface area contributed by atoms with E-state index < -0.39 is 0 Å². The van der Waals surface area contributed by atoms with E-state index in [2.05, 4.69) is 27.2 Å². The number of hydrazine groups is 1. The molecule has 8 heteroatoms. The van der Waals surface area contributed by atoms with E-state index in [0.717, 1.165) is 24.0 Å². The van der Waals surface area contributed by atoms with Gasteiger partial charge in [0.1, 0.15) is 5.82 Å². The Labute approximate surface area is 175 Å². The van der Waals surface area contributed by atoms with Crippen LogP contribution in [0.1, 0.15) is 30.0 Å². The van der Waals surface area contributed by atoms with Gasteiger partial charge < -0.3 is 15.0 Å². The van der Waals surface area contributed by atoms with Crippen LogP contribution in [0, 0.1) is 17.7 Å². The van der Waals surface area contributed by atoms with Gasteiger partial charge in [0, 0.05) is 37.4 Å². The highest BCUT2D eigenvalue weighted by Gasteiger charge is 2.47. The quantitative estimate of drug-likeness (QED) is 0.720. The zero-order valence-corrected chi connectivity index (χ0v) is 16.8. The van der Waals surface area contributed by atoms with Gasteiger partial charge in [-0.05, 0) is 47.9 Å². The number of fused-ring (bicyclic) bond motifs is 2. The maximum Gasteiger partial charge on any atom is 0.317 e. The Morgan fingerprint density at radius 2 is 1.97 bits per heavy atom. The molecule has 5 rings (SSSR count). The Hall–Kier alpha value is -2.71. The van der Waals surface area contributed by atoms with Gasteiger partial charge >= 0.3 is 6.03 Å². The highest BCUT2D eigenvalue weighted by Crippen LogP contribution is 2.41. The number of ether oxygens (including phenoxy) is 1. The number of nitrogens with one attached hydrogen (secondary N) is 3. The van der Waals surface area contributed by atoms with E-state index in [1.54, 1.807) is 19.2 Å². The lowest BCUT2D eigenvalue weighted by molar-refractivity contribution is 0.0961.